The fourth-order valence-electron chi connectivity index (χ4n) is 3.07. The number of phenols is 1. The molecule has 0 saturated heterocycles. The second kappa shape index (κ2) is 4.38. The Morgan fingerprint density at radius 1 is 1.00 bits per heavy atom. The predicted octanol–water partition coefficient (Wildman–Crippen LogP) is 2.83. The number of rotatable bonds is 1. The molecule has 2 aromatic carbocycles. The molecular weight excluding hydrogens is 264 g/mol. The first kappa shape index (κ1) is 12.0. The van der Waals surface area contributed by atoms with Gasteiger partial charge in [-0.1, -0.05) is 18.2 Å². The fourth-order valence-corrected chi connectivity index (χ4v) is 3.07. The second-order valence-electron chi connectivity index (χ2n) is 5.23. The maximum absolute atomic E-state index is 12.1. The van der Waals surface area contributed by atoms with Crippen LogP contribution < -0.4 is 5.32 Å². The summed E-state index contributed by atoms with van der Waals surface area (Å²) < 4.78 is 0. The molecule has 0 aliphatic carbocycles. The Kier molecular flexibility index (Phi) is 2.51. The zero-order chi connectivity index (χ0) is 14.4. The number of H-pyrrole nitrogens is 1. The first-order valence-corrected chi connectivity index (χ1v) is 6.96. The van der Waals surface area contributed by atoms with Gasteiger partial charge in [0.15, 0.2) is 0 Å². The summed E-state index contributed by atoms with van der Waals surface area (Å²) in [6.45, 7) is 0.598. The number of aromatic hydroxyl groups is 1. The smallest absolute Gasteiger partial charge is 0.251 e. The van der Waals surface area contributed by atoms with Crippen molar-refractivity contribution in [2.45, 2.75) is 6.42 Å². The van der Waals surface area contributed by atoms with E-state index in [2.05, 4.69) is 10.3 Å². The average molecular weight is 278 g/mol. The Morgan fingerprint density at radius 3 is 2.67 bits per heavy atom. The van der Waals surface area contributed by atoms with E-state index in [1.54, 1.807) is 12.1 Å². The van der Waals surface area contributed by atoms with Crippen LogP contribution in [0.15, 0.2) is 42.5 Å². The standard InChI is InChI=1S/C17H14N2O2/c20-14-7-2-1-4-10(14)16-11-8-9-18-17(21)12-5-3-6-13(19-16)15(11)12/h1-7,19-20H,8-9H2,(H,18,21). The number of hydrogen-bond donors (Lipinski definition) is 3. The zero-order valence-corrected chi connectivity index (χ0v) is 11.3. The molecule has 4 rings (SSSR count). The van der Waals surface area contributed by atoms with Gasteiger partial charge in [-0.15, -0.1) is 0 Å². The lowest BCUT2D eigenvalue weighted by Crippen LogP contribution is -2.23. The molecular formula is C17H14N2O2. The fraction of sp³-hybridized carbons (Fsp3) is 0.118. The van der Waals surface area contributed by atoms with Crippen molar-refractivity contribution >= 4 is 16.8 Å². The van der Waals surface area contributed by atoms with Gasteiger partial charge < -0.3 is 15.4 Å². The molecule has 0 radical (unpaired) electrons. The molecule has 0 atom stereocenters. The summed E-state index contributed by atoms with van der Waals surface area (Å²) >= 11 is 0. The number of amides is 1. The van der Waals surface area contributed by atoms with Crippen LogP contribution in [0.3, 0.4) is 0 Å². The van der Waals surface area contributed by atoms with E-state index >= 15 is 0 Å². The molecule has 3 aromatic rings. The number of hydrogen-bond acceptors (Lipinski definition) is 2. The van der Waals surface area contributed by atoms with E-state index in [1.807, 2.05) is 30.3 Å². The molecule has 4 heteroatoms. The van der Waals surface area contributed by atoms with Crippen LogP contribution in [0.25, 0.3) is 22.2 Å². The minimum atomic E-state index is -0.0396. The van der Waals surface area contributed by atoms with Gasteiger partial charge in [0, 0.05) is 28.6 Å². The van der Waals surface area contributed by atoms with Crippen LogP contribution in [0.1, 0.15) is 15.9 Å². The van der Waals surface area contributed by atoms with Crippen molar-refractivity contribution in [1.82, 2.24) is 10.3 Å². The van der Waals surface area contributed by atoms with Crippen LogP contribution in [0.5, 0.6) is 5.75 Å². The summed E-state index contributed by atoms with van der Waals surface area (Å²) in [6, 6.07) is 12.9. The van der Waals surface area contributed by atoms with Crippen molar-refractivity contribution in [2.75, 3.05) is 6.54 Å². The number of para-hydroxylation sites is 1. The van der Waals surface area contributed by atoms with E-state index in [0.717, 1.165) is 34.1 Å². The molecule has 1 aromatic heterocycles. The molecule has 0 spiro atoms. The summed E-state index contributed by atoms with van der Waals surface area (Å²) in [5, 5.41) is 14.0. The molecule has 0 bridgehead atoms. The number of benzene rings is 2. The number of phenolic OH excluding ortho intramolecular Hbond substituents is 1. The van der Waals surface area contributed by atoms with Gasteiger partial charge in [0.2, 0.25) is 0 Å². The molecule has 4 nitrogen and oxygen atoms in total. The first-order chi connectivity index (χ1) is 10.3. The first-order valence-electron chi connectivity index (χ1n) is 6.96. The zero-order valence-electron chi connectivity index (χ0n) is 11.3. The SMILES string of the molecule is O=C1NCCc2c(-c3ccccc3O)[nH]c3cccc1c23. The van der Waals surface area contributed by atoms with Gasteiger partial charge in [0.05, 0.1) is 5.69 Å². The monoisotopic (exact) mass is 278 g/mol. The van der Waals surface area contributed by atoms with Crippen molar-refractivity contribution < 1.29 is 9.90 Å². The second-order valence-corrected chi connectivity index (χ2v) is 5.23. The summed E-state index contributed by atoms with van der Waals surface area (Å²) in [6.07, 6.45) is 0.742. The average Bonchev–Trinajstić information content (AvgIpc) is 2.77. The largest absolute Gasteiger partial charge is 0.507 e. The van der Waals surface area contributed by atoms with Gasteiger partial charge in [0.25, 0.3) is 5.91 Å². The normalized spacial score (nSPS) is 14.0. The van der Waals surface area contributed by atoms with E-state index in [9.17, 15) is 9.90 Å². The highest BCUT2D eigenvalue weighted by Crippen LogP contribution is 2.37. The quantitative estimate of drug-likeness (QED) is 0.641. The molecule has 1 aliphatic rings. The summed E-state index contributed by atoms with van der Waals surface area (Å²) in [5.74, 6) is 0.201. The van der Waals surface area contributed by atoms with Crippen molar-refractivity contribution in [2.24, 2.45) is 0 Å². The predicted molar refractivity (Wildman–Crippen MR) is 81.4 cm³/mol. The van der Waals surface area contributed by atoms with Crippen LogP contribution in [-0.4, -0.2) is 22.5 Å². The van der Waals surface area contributed by atoms with Crippen LogP contribution in [0.4, 0.5) is 0 Å². The van der Waals surface area contributed by atoms with Gasteiger partial charge in [-0.3, -0.25) is 4.79 Å². The highest BCUT2D eigenvalue weighted by Gasteiger charge is 2.22. The maximum Gasteiger partial charge on any atom is 0.251 e. The Hall–Kier alpha value is -2.75. The Labute approximate surface area is 121 Å². The molecule has 0 fully saturated rings. The van der Waals surface area contributed by atoms with Crippen molar-refractivity contribution in [3.63, 3.8) is 0 Å². The number of carbonyl (C=O) groups excluding carboxylic acids is 1. The Balaban J connectivity index is 2.08. The molecule has 2 heterocycles. The molecule has 0 unspecified atom stereocenters. The van der Waals surface area contributed by atoms with Gasteiger partial charge in [0.1, 0.15) is 5.75 Å². The van der Waals surface area contributed by atoms with Gasteiger partial charge in [-0.25, -0.2) is 0 Å². The van der Waals surface area contributed by atoms with E-state index in [0.29, 0.717) is 12.1 Å². The number of aromatic amines is 1. The van der Waals surface area contributed by atoms with E-state index in [1.165, 1.54) is 0 Å². The van der Waals surface area contributed by atoms with Crippen LogP contribution in [0.2, 0.25) is 0 Å². The van der Waals surface area contributed by atoms with Crippen molar-refractivity contribution in [3.05, 3.63) is 53.6 Å². The summed E-state index contributed by atoms with van der Waals surface area (Å²) in [4.78, 5) is 15.5. The lowest BCUT2D eigenvalue weighted by atomic mass is 10.00. The van der Waals surface area contributed by atoms with Crippen LogP contribution in [-0.2, 0) is 6.42 Å². The van der Waals surface area contributed by atoms with E-state index < -0.39 is 0 Å². The highest BCUT2D eigenvalue weighted by atomic mass is 16.3. The molecule has 1 amide bonds. The Bertz CT molecular complexity index is 864. The minimum absolute atomic E-state index is 0.0396. The minimum Gasteiger partial charge on any atom is -0.507 e. The molecule has 21 heavy (non-hydrogen) atoms. The van der Waals surface area contributed by atoms with Crippen molar-refractivity contribution in [1.29, 1.82) is 0 Å². The third-order valence-corrected chi connectivity index (χ3v) is 4.01. The van der Waals surface area contributed by atoms with Gasteiger partial charge >= 0.3 is 0 Å². The van der Waals surface area contributed by atoms with Crippen LogP contribution >= 0.6 is 0 Å². The van der Waals surface area contributed by atoms with E-state index in [4.69, 9.17) is 0 Å². The third kappa shape index (κ3) is 1.72. The van der Waals surface area contributed by atoms with E-state index in [-0.39, 0.29) is 11.7 Å². The number of aromatic nitrogens is 1. The molecule has 3 N–H and O–H groups in total. The Morgan fingerprint density at radius 2 is 1.81 bits per heavy atom. The summed E-state index contributed by atoms with van der Waals surface area (Å²) in [5.41, 5.74) is 4.37. The molecule has 1 aliphatic heterocycles. The van der Waals surface area contributed by atoms with Crippen molar-refractivity contribution in [3.8, 4) is 17.0 Å². The molecule has 0 saturated carbocycles. The number of nitrogens with one attached hydrogen (secondary N) is 2. The van der Waals surface area contributed by atoms with Gasteiger partial charge in [-0.2, -0.15) is 0 Å². The maximum atomic E-state index is 12.1. The third-order valence-electron chi connectivity index (χ3n) is 4.01. The lowest BCUT2D eigenvalue weighted by Gasteiger charge is -2.05. The summed E-state index contributed by atoms with van der Waals surface area (Å²) in [7, 11) is 0. The van der Waals surface area contributed by atoms with Crippen LogP contribution in [0, 0.1) is 0 Å². The number of carbonyl (C=O) groups is 1. The topological polar surface area (TPSA) is 65.1 Å². The lowest BCUT2D eigenvalue weighted by molar-refractivity contribution is 0.0957. The van der Waals surface area contributed by atoms with Gasteiger partial charge in [-0.05, 0) is 36.2 Å². The highest BCUT2D eigenvalue weighted by molar-refractivity contribution is 6.10. The molecule has 104 valence electrons.